The summed E-state index contributed by atoms with van der Waals surface area (Å²) >= 11 is 0. The molecule has 3 rings (SSSR count). The number of carbonyl (C=O) groups is 1. The summed E-state index contributed by atoms with van der Waals surface area (Å²) in [6.07, 6.45) is 1.31. The van der Waals surface area contributed by atoms with E-state index in [0.29, 0.717) is 25.1 Å². The number of nitro groups is 2. The van der Waals surface area contributed by atoms with Crippen LogP contribution in [0, 0.1) is 20.2 Å². The second kappa shape index (κ2) is 7.91. The van der Waals surface area contributed by atoms with Gasteiger partial charge in [-0.1, -0.05) is 0 Å². The lowest BCUT2D eigenvalue weighted by atomic mass is 10.0. The van der Waals surface area contributed by atoms with Gasteiger partial charge in [0.1, 0.15) is 0 Å². The molecule has 2 aromatic rings. The Morgan fingerprint density at radius 1 is 1.07 bits per heavy atom. The normalized spacial score (nSPS) is 12.8. The summed E-state index contributed by atoms with van der Waals surface area (Å²) in [5.74, 6) is 0.00223. The van der Waals surface area contributed by atoms with Crippen LogP contribution in [0.3, 0.4) is 0 Å². The summed E-state index contributed by atoms with van der Waals surface area (Å²) < 4.78 is 10.6. The Kier molecular flexibility index (Phi) is 5.39. The Hall–Kier alpha value is -3.69. The van der Waals surface area contributed by atoms with Crippen molar-refractivity contribution in [2.75, 3.05) is 25.2 Å². The molecule has 146 valence electrons. The van der Waals surface area contributed by atoms with E-state index in [1.54, 1.807) is 6.07 Å². The lowest BCUT2D eigenvalue weighted by molar-refractivity contribution is -0.385. The number of rotatable bonds is 6. The number of hydrogen-bond acceptors (Lipinski definition) is 7. The van der Waals surface area contributed by atoms with E-state index in [0.717, 1.165) is 5.56 Å². The Balaban J connectivity index is 1.77. The van der Waals surface area contributed by atoms with Crippen LogP contribution in [0.1, 0.15) is 12.0 Å². The van der Waals surface area contributed by atoms with Crippen molar-refractivity contribution in [3.8, 4) is 11.5 Å². The minimum Gasteiger partial charge on any atom is -0.493 e. The van der Waals surface area contributed by atoms with Crippen molar-refractivity contribution in [3.05, 3.63) is 62.2 Å². The fourth-order valence-corrected chi connectivity index (χ4v) is 3.07. The molecule has 0 atom stereocenters. The molecule has 0 saturated carbocycles. The second-order valence-corrected chi connectivity index (χ2v) is 6.10. The molecule has 0 aliphatic carbocycles. The van der Waals surface area contributed by atoms with Crippen LogP contribution in [-0.4, -0.2) is 36.0 Å². The van der Waals surface area contributed by atoms with Gasteiger partial charge in [-0.3, -0.25) is 25.0 Å². The van der Waals surface area contributed by atoms with E-state index in [9.17, 15) is 25.0 Å². The molecule has 10 nitrogen and oxygen atoms in total. The van der Waals surface area contributed by atoms with Gasteiger partial charge in [0.15, 0.2) is 18.1 Å². The van der Waals surface area contributed by atoms with Crippen molar-refractivity contribution in [1.82, 2.24) is 0 Å². The fourth-order valence-electron chi connectivity index (χ4n) is 3.07. The molecule has 0 radical (unpaired) electrons. The van der Waals surface area contributed by atoms with Crippen molar-refractivity contribution in [3.63, 3.8) is 0 Å². The Morgan fingerprint density at radius 2 is 1.75 bits per heavy atom. The van der Waals surface area contributed by atoms with Crippen LogP contribution in [0.2, 0.25) is 0 Å². The zero-order valence-corrected chi connectivity index (χ0v) is 15.0. The maximum Gasteiger partial charge on any atom is 0.273 e. The highest BCUT2D eigenvalue weighted by molar-refractivity contribution is 5.95. The number of aryl methyl sites for hydroxylation is 1. The number of fused-ring (bicyclic) bond motifs is 1. The number of carbonyl (C=O) groups excluding carboxylic acids is 1. The van der Waals surface area contributed by atoms with Crippen LogP contribution in [0.25, 0.3) is 0 Å². The molecule has 1 amide bonds. The first-order valence-corrected chi connectivity index (χ1v) is 8.43. The molecule has 0 spiro atoms. The number of benzene rings is 2. The van der Waals surface area contributed by atoms with E-state index in [2.05, 4.69) is 0 Å². The largest absolute Gasteiger partial charge is 0.493 e. The molecule has 0 aromatic heterocycles. The van der Waals surface area contributed by atoms with Crippen LogP contribution in [0.15, 0.2) is 36.4 Å². The number of anilines is 1. The number of nitro benzene ring substituents is 2. The topological polar surface area (TPSA) is 125 Å². The number of methoxy groups -OCH3 is 1. The summed E-state index contributed by atoms with van der Waals surface area (Å²) in [6.45, 7) is 0.104. The molecule has 1 aliphatic heterocycles. The molecule has 1 heterocycles. The van der Waals surface area contributed by atoms with Gasteiger partial charge in [0.2, 0.25) is 0 Å². The van der Waals surface area contributed by atoms with E-state index in [1.807, 2.05) is 0 Å². The van der Waals surface area contributed by atoms with Gasteiger partial charge in [-0.15, -0.1) is 0 Å². The molecular formula is C18H17N3O7. The maximum absolute atomic E-state index is 12.7. The third-order valence-electron chi connectivity index (χ3n) is 4.40. The van der Waals surface area contributed by atoms with Crippen molar-refractivity contribution >= 4 is 23.0 Å². The molecular weight excluding hydrogens is 370 g/mol. The molecule has 10 heteroatoms. The predicted octanol–water partition coefficient (Wildman–Crippen LogP) is 2.87. The van der Waals surface area contributed by atoms with E-state index in [1.165, 1.54) is 42.3 Å². The Labute approximate surface area is 159 Å². The average Bonchev–Trinajstić information content (AvgIpc) is 2.70. The van der Waals surface area contributed by atoms with E-state index < -0.39 is 9.85 Å². The number of nitrogens with zero attached hydrogens (tertiary/aromatic N) is 3. The molecule has 0 fully saturated rings. The van der Waals surface area contributed by atoms with Crippen LogP contribution < -0.4 is 14.4 Å². The number of ether oxygens (including phenoxy) is 2. The standard InChI is InChI=1S/C18H17N3O7/c1-27-16-7-5-14(21(25)26)10-17(16)28-11-18(22)19-8-2-3-12-9-13(20(23)24)4-6-15(12)19/h4-7,9-10H,2-3,8,11H2,1H3. The molecule has 28 heavy (non-hydrogen) atoms. The third-order valence-corrected chi connectivity index (χ3v) is 4.40. The second-order valence-electron chi connectivity index (χ2n) is 6.10. The molecule has 0 bridgehead atoms. The van der Waals surface area contributed by atoms with E-state index in [4.69, 9.17) is 9.47 Å². The molecule has 0 saturated heterocycles. The van der Waals surface area contributed by atoms with Gasteiger partial charge in [0.05, 0.1) is 23.0 Å². The third kappa shape index (κ3) is 3.85. The average molecular weight is 387 g/mol. The summed E-state index contributed by atoms with van der Waals surface area (Å²) in [5.41, 5.74) is 1.13. The predicted molar refractivity (Wildman–Crippen MR) is 98.9 cm³/mol. The monoisotopic (exact) mass is 387 g/mol. The highest BCUT2D eigenvalue weighted by Gasteiger charge is 2.25. The lowest BCUT2D eigenvalue weighted by Gasteiger charge is -2.29. The highest BCUT2D eigenvalue weighted by Crippen LogP contribution is 2.33. The Morgan fingerprint density at radius 3 is 2.43 bits per heavy atom. The molecule has 0 N–H and O–H groups in total. The summed E-state index contributed by atoms with van der Waals surface area (Å²) in [5, 5.41) is 21.9. The van der Waals surface area contributed by atoms with Crippen molar-refractivity contribution in [1.29, 1.82) is 0 Å². The van der Waals surface area contributed by atoms with Gasteiger partial charge < -0.3 is 14.4 Å². The summed E-state index contributed by atoms with van der Waals surface area (Å²) in [4.78, 5) is 35.0. The maximum atomic E-state index is 12.7. The number of amides is 1. The summed E-state index contributed by atoms with van der Waals surface area (Å²) in [6, 6.07) is 8.25. The van der Waals surface area contributed by atoms with Crippen LogP contribution in [-0.2, 0) is 11.2 Å². The van der Waals surface area contributed by atoms with E-state index >= 15 is 0 Å². The molecule has 1 aliphatic rings. The first-order chi connectivity index (χ1) is 13.4. The first-order valence-electron chi connectivity index (χ1n) is 8.43. The molecule has 0 unspecified atom stereocenters. The number of hydrogen-bond donors (Lipinski definition) is 0. The first kappa shape index (κ1) is 19.1. The quantitative estimate of drug-likeness (QED) is 0.551. The number of non-ortho nitro benzene ring substituents is 2. The van der Waals surface area contributed by atoms with Crippen molar-refractivity contribution in [2.24, 2.45) is 0 Å². The summed E-state index contributed by atoms with van der Waals surface area (Å²) in [7, 11) is 1.39. The van der Waals surface area contributed by atoms with Crippen LogP contribution in [0.4, 0.5) is 17.1 Å². The van der Waals surface area contributed by atoms with Gasteiger partial charge in [-0.25, -0.2) is 0 Å². The zero-order valence-electron chi connectivity index (χ0n) is 15.0. The molecule has 2 aromatic carbocycles. The van der Waals surface area contributed by atoms with Gasteiger partial charge >= 0.3 is 0 Å². The van der Waals surface area contributed by atoms with Gasteiger partial charge in [0.25, 0.3) is 17.3 Å². The van der Waals surface area contributed by atoms with Crippen LogP contribution in [0.5, 0.6) is 11.5 Å². The highest BCUT2D eigenvalue weighted by atomic mass is 16.6. The Bertz CT molecular complexity index is 945. The fraction of sp³-hybridized carbons (Fsp3) is 0.278. The van der Waals surface area contributed by atoms with Crippen molar-refractivity contribution in [2.45, 2.75) is 12.8 Å². The van der Waals surface area contributed by atoms with Gasteiger partial charge in [-0.2, -0.15) is 0 Å². The van der Waals surface area contributed by atoms with Gasteiger partial charge in [-0.05, 0) is 30.5 Å². The van der Waals surface area contributed by atoms with Crippen LogP contribution >= 0.6 is 0 Å². The van der Waals surface area contributed by atoms with Crippen molar-refractivity contribution < 1.29 is 24.1 Å². The minimum atomic E-state index is -0.568. The van der Waals surface area contributed by atoms with E-state index in [-0.39, 0.29) is 35.4 Å². The zero-order chi connectivity index (χ0) is 20.3. The minimum absolute atomic E-state index is 0.0226. The lowest BCUT2D eigenvalue weighted by Crippen LogP contribution is -2.38. The smallest absolute Gasteiger partial charge is 0.273 e. The van der Waals surface area contributed by atoms with Gasteiger partial charge in [0, 0.05) is 30.4 Å². The SMILES string of the molecule is COc1ccc([N+](=O)[O-])cc1OCC(=O)N1CCCc2cc([N+](=O)[O-])ccc21.